The highest BCUT2D eigenvalue weighted by atomic mass is 32.2. The normalized spacial score (nSPS) is 20.2. The smallest absolute Gasteiger partial charge is 0.243 e. The number of rotatable bonds is 6. The highest BCUT2D eigenvalue weighted by Crippen LogP contribution is 2.33. The van der Waals surface area contributed by atoms with Crippen molar-refractivity contribution in [2.75, 3.05) is 52.5 Å². The van der Waals surface area contributed by atoms with E-state index in [0.717, 1.165) is 25.0 Å². The zero-order valence-corrected chi connectivity index (χ0v) is 18.9. The lowest BCUT2D eigenvalue weighted by Crippen LogP contribution is -2.51. The number of carbonyl (C=O) groups is 1. The number of nitrogens with zero attached hydrogens (tertiary/aromatic N) is 3. The van der Waals surface area contributed by atoms with E-state index in [1.165, 1.54) is 16.8 Å². The van der Waals surface area contributed by atoms with Crippen LogP contribution in [0, 0.1) is 0 Å². The van der Waals surface area contributed by atoms with Gasteiger partial charge in [-0.05, 0) is 44.7 Å². The molecule has 0 atom stereocenters. The molecule has 0 radical (unpaired) electrons. The topological polar surface area (TPSA) is 79.4 Å². The molecule has 0 spiro atoms. The summed E-state index contributed by atoms with van der Waals surface area (Å²) in [4.78, 5) is 17.0. The second-order valence-corrected chi connectivity index (χ2v) is 10.0. The maximum atomic E-state index is 13.1. The molecule has 1 aliphatic carbocycles. The predicted octanol–water partition coefficient (Wildman–Crippen LogP) is 2.07. The van der Waals surface area contributed by atoms with E-state index in [1.54, 1.807) is 12.1 Å². The van der Waals surface area contributed by atoms with E-state index in [2.05, 4.69) is 6.08 Å². The van der Waals surface area contributed by atoms with Crippen LogP contribution in [0.25, 0.3) is 0 Å². The van der Waals surface area contributed by atoms with Crippen molar-refractivity contribution >= 4 is 15.9 Å². The van der Waals surface area contributed by atoms with E-state index in [1.807, 2.05) is 16.7 Å². The largest absolute Gasteiger partial charge is 0.486 e. The number of fused-ring (bicyclic) bond motifs is 1. The first-order valence-electron chi connectivity index (χ1n) is 11.1. The van der Waals surface area contributed by atoms with Gasteiger partial charge in [-0.1, -0.05) is 6.08 Å². The summed E-state index contributed by atoms with van der Waals surface area (Å²) in [6.07, 6.45) is 6.50. The van der Waals surface area contributed by atoms with Crippen molar-refractivity contribution in [2.45, 2.75) is 37.5 Å². The van der Waals surface area contributed by atoms with Gasteiger partial charge >= 0.3 is 0 Å². The zero-order chi connectivity index (χ0) is 21.8. The molecule has 0 saturated carbocycles. The average Bonchev–Trinajstić information content (AvgIpc) is 2.80. The molecule has 1 aromatic carbocycles. The van der Waals surface area contributed by atoms with Gasteiger partial charge < -0.3 is 14.4 Å². The third-order valence-corrected chi connectivity index (χ3v) is 7.97. The molecule has 0 N–H and O–H groups in total. The maximum Gasteiger partial charge on any atom is 0.243 e. The number of amides is 1. The number of hydrogen-bond donors (Lipinski definition) is 0. The van der Waals surface area contributed by atoms with Crippen molar-refractivity contribution in [3.8, 4) is 11.5 Å². The van der Waals surface area contributed by atoms with Crippen LogP contribution in [-0.4, -0.2) is 80.9 Å². The Morgan fingerprint density at radius 3 is 2.48 bits per heavy atom. The van der Waals surface area contributed by atoms with E-state index in [4.69, 9.17) is 9.47 Å². The Bertz CT molecular complexity index is 938. The Morgan fingerprint density at radius 2 is 1.81 bits per heavy atom. The Kier molecular flexibility index (Phi) is 6.83. The maximum absolute atomic E-state index is 13.1. The van der Waals surface area contributed by atoms with Crippen LogP contribution >= 0.6 is 0 Å². The summed E-state index contributed by atoms with van der Waals surface area (Å²) in [5, 5.41) is 0. The number of ether oxygens (including phenoxy) is 2. The van der Waals surface area contributed by atoms with Gasteiger partial charge in [0.1, 0.15) is 13.2 Å². The zero-order valence-electron chi connectivity index (χ0n) is 18.1. The molecule has 1 fully saturated rings. The summed E-state index contributed by atoms with van der Waals surface area (Å²) in [6, 6.07) is 4.75. The molecule has 2 heterocycles. The molecule has 0 unspecified atom stereocenters. The molecule has 2 aliphatic heterocycles. The molecular weight excluding hydrogens is 418 g/mol. The van der Waals surface area contributed by atoms with Gasteiger partial charge in [-0.15, -0.1) is 0 Å². The molecule has 31 heavy (non-hydrogen) atoms. The summed E-state index contributed by atoms with van der Waals surface area (Å²) in [5.41, 5.74) is 1.14. The van der Waals surface area contributed by atoms with E-state index in [0.29, 0.717) is 64.0 Å². The minimum Gasteiger partial charge on any atom is -0.486 e. The second kappa shape index (κ2) is 9.58. The van der Waals surface area contributed by atoms with Gasteiger partial charge in [-0.2, -0.15) is 4.31 Å². The lowest BCUT2D eigenvalue weighted by Gasteiger charge is -2.35. The predicted molar refractivity (Wildman–Crippen MR) is 117 cm³/mol. The van der Waals surface area contributed by atoms with Crippen LogP contribution < -0.4 is 9.47 Å². The SMILES string of the molecule is CCN(C(=O)CN1CCN(S(=O)(=O)c2ccc3c(c2)OCCO3)CC1)C1=CCCCC1. The third-order valence-electron chi connectivity index (χ3n) is 6.07. The molecule has 3 aliphatic rings. The van der Waals surface area contributed by atoms with E-state index in [9.17, 15) is 13.2 Å². The number of carbonyl (C=O) groups excluding carboxylic acids is 1. The standard InChI is InChI=1S/C22H31N3O5S/c1-2-25(18-6-4-3-5-7-18)22(26)17-23-10-12-24(13-11-23)31(27,28)19-8-9-20-21(16-19)30-15-14-29-20/h6,8-9,16H,2-5,7,10-15,17H2,1H3. The molecular formula is C22H31N3O5S. The Labute approximate surface area is 184 Å². The van der Waals surface area contributed by atoms with Crippen LogP contribution in [0.15, 0.2) is 34.9 Å². The van der Waals surface area contributed by atoms with E-state index < -0.39 is 10.0 Å². The minimum absolute atomic E-state index is 0.0961. The molecule has 0 aromatic heterocycles. The van der Waals surface area contributed by atoms with Crippen molar-refractivity contribution in [2.24, 2.45) is 0 Å². The Balaban J connectivity index is 1.35. The summed E-state index contributed by atoms with van der Waals surface area (Å²) >= 11 is 0. The lowest BCUT2D eigenvalue weighted by atomic mass is 10.0. The molecule has 1 saturated heterocycles. The molecule has 8 nitrogen and oxygen atoms in total. The van der Waals surface area contributed by atoms with Gasteiger partial charge in [0.05, 0.1) is 11.4 Å². The number of benzene rings is 1. The molecule has 9 heteroatoms. The van der Waals surface area contributed by atoms with Crippen molar-refractivity contribution in [3.05, 3.63) is 30.0 Å². The average molecular weight is 450 g/mol. The van der Waals surface area contributed by atoms with Gasteiger partial charge in [-0.25, -0.2) is 8.42 Å². The van der Waals surface area contributed by atoms with Crippen LogP contribution in [-0.2, 0) is 14.8 Å². The van der Waals surface area contributed by atoms with Crippen LogP contribution in [0.5, 0.6) is 11.5 Å². The first kappa shape index (κ1) is 22.1. The quantitative estimate of drug-likeness (QED) is 0.662. The number of hydrogen-bond acceptors (Lipinski definition) is 6. The van der Waals surface area contributed by atoms with Gasteiger partial charge in [0.25, 0.3) is 0 Å². The molecule has 1 amide bonds. The fourth-order valence-corrected chi connectivity index (χ4v) is 5.78. The summed E-state index contributed by atoms with van der Waals surface area (Å²) in [7, 11) is -3.62. The van der Waals surface area contributed by atoms with Crippen LogP contribution in [0.3, 0.4) is 0 Å². The highest BCUT2D eigenvalue weighted by Gasteiger charge is 2.31. The lowest BCUT2D eigenvalue weighted by molar-refractivity contribution is -0.130. The first-order chi connectivity index (χ1) is 15.0. The second-order valence-electron chi connectivity index (χ2n) is 8.06. The van der Waals surface area contributed by atoms with Crippen LogP contribution in [0.1, 0.15) is 32.6 Å². The van der Waals surface area contributed by atoms with Crippen molar-refractivity contribution in [1.29, 1.82) is 0 Å². The number of piperazine rings is 1. The van der Waals surface area contributed by atoms with E-state index >= 15 is 0 Å². The number of sulfonamides is 1. The van der Waals surface area contributed by atoms with Crippen LogP contribution in [0.4, 0.5) is 0 Å². The Morgan fingerprint density at radius 1 is 1.06 bits per heavy atom. The van der Waals surface area contributed by atoms with Crippen molar-refractivity contribution in [3.63, 3.8) is 0 Å². The molecule has 4 rings (SSSR count). The fraction of sp³-hybridized carbons (Fsp3) is 0.591. The van der Waals surface area contributed by atoms with Crippen molar-refractivity contribution in [1.82, 2.24) is 14.1 Å². The van der Waals surface area contributed by atoms with E-state index in [-0.39, 0.29) is 10.8 Å². The fourth-order valence-electron chi connectivity index (χ4n) is 4.34. The molecule has 0 bridgehead atoms. The molecule has 170 valence electrons. The van der Waals surface area contributed by atoms with Crippen molar-refractivity contribution < 1.29 is 22.7 Å². The summed E-state index contributed by atoms with van der Waals surface area (Å²) in [5.74, 6) is 1.13. The summed E-state index contributed by atoms with van der Waals surface area (Å²) in [6.45, 7) is 5.66. The minimum atomic E-state index is -3.62. The molecule has 1 aromatic rings. The third kappa shape index (κ3) is 4.88. The monoisotopic (exact) mass is 449 g/mol. The number of likely N-dealkylation sites (N-methyl/N-ethyl adjacent to an activating group) is 1. The van der Waals surface area contributed by atoms with Gasteiger partial charge in [0, 0.05) is 44.5 Å². The van der Waals surface area contributed by atoms with Gasteiger partial charge in [0.2, 0.25) is 15.9 Å². The first-order valence-corrected chi connectivity index (χ1v) is 12.5. The highest BCUT2D eigenvalue weighted by molar-refractivity contribution is 7.89. The van der Waals surface area contributed by atoms with Crippen LogP contribution in [0.2, 0.25) is 0 Å². The summed E-state index contributed by atoms with van der Waals surface area (Å²) < 4.78 is 38.7. The Hall–Kier alpha value is -2.10. The van der Waals surface area contributed by atoms with Gasteiger partial charge in [0.15, 0.2) is 11.5 Å². The number of allylic oxidation sites excluding steroid dienone is 2. The van der Waals surface area contributed by atoms with Gasteiger partial charge in [-0.3, -0.25) is 9.69 Å².